The zero-order chi connectivity index (χ0) is 27.1. The highest BCUT2D eigenvalue weighted by Gasteiger charge is 2.31. The summed E-state index contributed by atoms with van der Waals surface area (Å²) in [5.41, 5.74) is 2.94. The molecule has 2 aromatic carbocycles. The number of nitrogens with one attached hydrogen (secondary N) is 1. The molecule has 0 unspecified atom stereocenters. The third kappa shape index (κ3) is 7.03. The fourth-order valence-electron chi connectivity index (χ4n) is 4.89. The lowest BCUT2D eigenvalue weighted by molar-refractivity contribution is -0.137. The van der Waals surface area contributed by atoms with Crippen molar-refractivity contribution in [3.63, 3.8) is 0 Å². The number of aliphatic imine (C=N–C) groups is 1. The van der Waals surface area contributed by atoms with Crippen molar-refractivity contribution in [2.75, 3.05) is 19.4 Å². The molecule has 1 aliphatic rings. The maximum Gasteiger partial charge on any atom is 0.416 e. The number of nitrogens with zero attached hydrogens (tertiary/aromatic N) is 3. The minimum atomic E-state index is -4.44. The van der Waals surface area contributed by atoms with Crippen LogP contribution in [0.2, 0.25) is 0 Å². The van der Waals surface area contributed by atoms with Crippen LogP contribution in [0.3, 0.4) is 0 Å². The van der Waals surface area contributed by atoms with E-state index in [0.717, 1.165) is 48.6 Å². The third-order valence-corrected chi connectivity index (χ3v) is 6.90. The van der Waals surface area contributed by atoms with Crippen LogP contribution in [0.15, 0.2) is 77.9 Å². The Balaban J connectivity index is 1.78. The van der Waals surface area contributed by atoms with Gasteiger partial charge in [0.05, 0.1) is 17.0 Å². The van der Waals surface area contributed by atoms with E-state index in [1.54, 1.807) is 12.3 Å². The minimum absolute atomic E-state index is 0.0259. The third-order valence-electron chi connectivity index (χ3n) is 6.90. The molecule has 0 bridgehead atoms. The van der Waals surface area contributed by atoms with E-state index in [0.29, 0.717) is 23.0 Å². The molecule has 0 saturated heterocycles. The lowest BCUT2D eigenvalue weighted by atomic mass is 9.90. The Hall–Kier alpha value is -3.61. The van der Waals surface area contributed by atoms with Crippen molar-refractivity contribution < 1.29 is 13.2 Å². The van der Waals surface area contributed by atoms with Gasteiger partial charge in [-0.15, -0.1) is 0 Å². The number of halogens is 3. The molecular formula is C31H35F3N4. The van der Waals surface area contributed by atoms with Gasteiger partial charge < -0.3 is 10.2 Å². The van der Waals surface area contributed by atoms with E-state index >= 15 is 0 Å². The van der Waals surface area contributed by atoms with Crippen molar-refractivity contribution in [1.82, 2.24) is 9.88 Å². The van der Waals surface area contributed by atoms with Gasteiger partial charge in [-0.05, 0) is 55.5 Å². The van der Waals surface area contributed by atoms with E-state index < -0.39 is 11.7 Å². The fourth-order valence-corrected chi connectivity index (χ4v) is 4.89. The molecule has 4 nitrogen and oxygen atoms in total. The predicted octanol–water partition coefficient (Wildman–Crippen LogP) is 8.31. The topological polar surface area (TPSA) is 40.5 Å². The Morgan fingerprint density at radius 1 is 0.974 bits per heavy atom. The van der Waals surface area contributed by atoms with E-state index in [9.17, 15) is 13.2 Å². The summed E-state index contributed by atoms with van der Waals surface area (Å²) in [7, 11) is 3.78. The molecule has 3 aromatic rings. The molecule has 4 rings (SSSR count). The molecule has 0 spiro atoms. The second kappa shape index (κ2) is 12.3. The summed E-state index contributed by atoms with van der Waals surface area (Å²) in [5, 5.41) is 3.44. The number of hydrogen-bond donors (Lipinski definition) is 1. The quantitative estimate of drug-likeness (QED) is 0.304. The Bertz CT molecular complexity index is 1260. The highest BCUT2D eigenvalue weighted by Crippen LogP contribution is 2.35. The Morgan fingerprint density at radius 3 is 2.39 bits per heavy atom. The van der Waals surface area contributed by atoms with Gasteiger partial charge in [0.2, 0.25) is 0 Å². The average Bonchev–Trinajstić information content (AvgIpc) is 2.91. The highest BCUT2D eigenvalue weighted by atomic mass is 19.4. The van der Waals surface area contributed by atoms with Crippen molar-refractivity contribution in [2.45, 2.75) is 51.2 Å². The minimum Gasteiger partial charge on any atom is -0.375 e. The van der Waals surface area contributed by atoms with Crippen LogP contribution in [0.1, 0.15) is 67.3 Å². The molecule has 38 heavy (non-hydrogen) atoms. The molecule has 1 N–H and O–H groups in total. The summed E-state index contributed by atoms with van der Waals surface area (Å²) >= 11 is 0. The van der Waals surface area contributed by atoms with Crippen molar-refractivity contribution in [1.29, 1.82) is 0 Å². The van der Waals surface area contributed by atoms with Crippen molar-refractivity contribution >= 4 is 23.4 Å². The van der Waals surface area contributed by atoms with E-state index in [1.165, 1.54) is 18.6 Å². The largest absolute Gasteiger partial charge is 0.416 e. The zero-order valence-electron chi connectivity index (χ0n) is 22.2. The molecule has 1 heterocycles. The summed E-state index contributed by atoms with van der Waals surface area (Å²) < 4.78 is 40.9. The molecule has 1 saturated carbocycles. The molecule has 1 aromatic heterocycles. The van der Waals surface area contributed by atoms with Crippen LogP contribution in [-0.4, -0.2) is 30.2 Å². The number of anilines is 1. The summed E-state index contributed by atoms with van der Waals surface area (Å²) in [6.45, 7) is 2.06. The lowest BCUT2D eigenvalue weighted by Crippen LogP contribution is -2.14. The molecule has 0 aliphatic heterocycles. The predicted molar refractivity (Wildman–Crippen MR) is 150 cm³/mol. The molecule has 200 valence electrons. The summed E-state index contributed by atoms with van der Waals surface area (Å²) in [4.78, 5) is 11.3. The summed E-state index contributed by atoms with van der Waals surface area (Å²) in [6.07, 6.45) is 4.85. The first-order valence-electron chi connectivity index (χ1n) is 13.1. The standard InChI is InChI=1S/C31H35F3N4/c1-22(24-13-8-5-9-14-24)37-28-20-26(17-18-35-28)30(38(2)3)29(36-21-23-11-6-4-7-12-23)25-15-10-16-27(19-25)31(32,33)34/h5,8-10,13-23H,4,6-7,11-12H2,1-3H3,(H,35,37)/b30-29-,36-21?/t22-/m0/s1. The number of pyridine rings is 1. The number of hydrogen-bond acceptors (Lipinski definition) is 4. The van der Waals surface area contributed by atoms with Crippen molar-refractivity contribution in [3.05, 3.63) is 95.2 Å². The maximum atomic E-state index is 13.6. The van der Waals surface area contributed by atoms with E-state index in [2.05, 4.69) is 29.4 Å². The summed E-state index contributed by atoms with van der Waals surface area (Å²) in [6, 6.07) is 19.3. The van der Waals surface area contributed by atoms with Crippen molar-refractivity contribution in [2.24, 2.45) is 10.9 Å². The maximum absolute atomic E-state index is 13.6. The molecule has 1 atom stereocenters. The SMILES string of the molecule is C[C@H](Nc1cc(/C(=C(/N=CC2CCCCC2)c2cccc(C(F)(F)F)c2)N(C)C)ccn1)c1ccccc1. The normalized spacial score (nSPS) is 16.3. The lowest BCUT2D eigenvalue weighted by Gasteiger charge is -2.23. The van der Waals surface area contributed by atoms with Gasteiger partial charge in [-0.1, -0.05) is 61.7 Å². The van der Waals surface area contributed by atoms with Crippen molar-refractivity contribution in [3.8, 4) is 0 Å². The van der Waals surface area contributed by atoms with E-state index in [-0.39, 0.29) is 6.04 Å². The second-order valence-corrected chi connectivity index (χ2v) is 10.1. The van der Waals surface area contributed by atoms with Gasteiger partial charge in [0.25, 0.3) is 0 Å². The Kier molecular flexibility index (Phi) is 8.87. The van der Waals surface area contributed by atoms with E-state index in [4.69, 9.17) is 4.99 Å². The van der Waals surface area contributed by atoms with Crippen LogP contribution >= 0.6 is 0 Å². The number of aromatic nitrogens is 1. The second-order valence-electron chi connectivity index (χ2n) is 10.1. The fraction of sp³-hybridized carbons (Fsp3) is 0.355. The van der Waals surface area contributed by atoms with Gasteiger partial charge in [-0.3, -0.25) is 4.99 Å². The van der Waals surface area contributed by atoms with Crippen LogP contribution < -0.4 is 5.32 Å². The van der Waals surface area contributed by atoms with Crippen LogP contribution in [0.5, 0.6) is 0 Å². The van der Waals surface area contributed by atoms with Gasteiger partial charge in [0, 0.05) is 43.7 Å². The summed E-state index contributed by atoms with van der Waals surface area (Å²) in [5.74, 6) is 1.01. The molecular weight excluding hydrogens is 485 g/mol. The Labute approximate surface area is 223 Å². The number of alkyl halides is 3. The average molecular weight is 521 g/mol. The molecule has 1 aliphatic carbocycles. The number of benzene rings is 2. The van der Waals surface area contributed by atoms with E-state index in [1.807, 2.05) is 55.5 Å². The monoisotopic (exact) mass is 520 g/mol. The Morgan fingerprint density at radius 2 is 1.71 bits per heavy atom. The van der Waals surface area contributed by atoms with Gasteiger partial charge in [0.15, 0.2) is 0 Å². The van der Waals surface area contributed by atoms with Crippen LogP contribution in [0.25, 0.3) is 11.4 Å². The van der Waals surface area contributed by atoms with Gasteiger partial charge >= 0.3 is 6.18 Å². The van der Waals surface area contributed by atoms with Gasteiger partial charge in [0.1, 0.15) is 5.82 Å². The van der Waals surface area contributed by atoms with Gasteiger partial charge in [-0.2, -0.15) is 13.2 Å². The van der Waals surface area contributed by atoms with Crippen LogP contribution in [0.4, 0.5) is 19.0 Å². The number of rotatable bonds is 8. The van der Waals surface area contributed by atoms with Gasteiger partial charge in [-0.25, -0.2) is 4.98 Å². The smallest absolute Gasteiger partial charge is 0.375 e. The first-order valence-corrected chi connectivity index (χ1v) is 13.1. The van der Waals surface area contributed by atoms with Crippen LogP contribution in [0, 0.1) is 5.92 Å². The first kappa shape index (κ1) is 27.4. The molecule has 1 fully saturated rings. The molecule has 0 radical (unpaired) electrons. The zero-order valence-corrected chi connectivity index (χ0v) is 22.2. The molecule has 0 amide bonds. The first-order chi connectivity index (χ1) is 18.2. The van der Waals surface area contributed by atoms with Crippen LogP contribution in [-0.2, 0) is 6.18 Å². The highest BCUT2D eigenvalue weighted by molar-refractivity contribution is 5.92. The molecule has 7 heteroatoms.